The van der Waals surface area contributed by atoms with Gasteiger partial charge < -0.3 is 10.2 Å². The smallest absolute Gasteiger partial charge is 0.332 e. The maximum Gasteiger partial charge on any atom is 0.406 e. The molecule has 22 heavy (non-hydrogen) atoms. The molecule has 2 rings (SSSR count). The van der Waals surface area contributed by atoms with Crippen molar-refractivity contribution < 1.29 is 18.0 Å². The second-order valence-corrected chi connectivity index (χ2v) is 6.69. The van der Waals surface area contributed by atoms with Crippen molar-refractivity contribution in [3.63, 3.8) is 0 Å². The van der Waals surface area contributed by atoms with Gasteiger partial charge in [0.2, 0.25) is 5.91 Å². The summed E-state index contributed by atoms with van der Waals surface area (Å²) in [5, 5.41) is 10.1. The minimum atomic E-state index is -4.35. The maximum atomic E-state index is 12.4. The number of rotatable bonds is 4. The van der Waals surface area contributed by atoms with E-state index in [0.717, 1.165) is 16.2 Å². The van der Waals surface area contributed by atoms with Gasteiger partial charge in [-0.25, -0.2) is 0 Å². The number of hydrogen-bond acceptors (Lipinski definition) is 3. The van der Waals surface area contributed by atoms with Crippen LogP contribution in [0.3, 0.4) is 0 Å². The molecule has 1 amide bonds. The van der Waals surface area contributed by atoms with Gasteiger partial charge in [0.15, 0.2) is 0 Å². The summed E-state index contributed by atoms with van der Waals surface area (Å²) in [6.45, 7) is 5.53. The van der Waals surface area contributed by atoms with Gasteiger partial charge >= 0.3 is 6.18 Å². The highest BCUT2D eigenvalue weighted by atomic mass is 19.4. The first-order valence-electron chi connectivity index (χ1n) is 7.17. The van der Waals surface area contributed by atoms with Crippen LogP contribution in [0.4, 0.5) is 13.2 Å². The monoisotopic (exact) mass is 318 g/mol. The summed E-state index contributed by atoms with van der Waals surface area (Å²) in [6, 6.07) is -0.266. The highest BCUT2D eigenvalue weighted by molar-refractivity contribution is 5.79. The molecule has 124 valence electrons. The largest absolute Gasteiger partial charge is 0.406 e. The molecule has 0 aliphatic carbocycles. The standard InChI is InChI=1S/C14H21F3N4O/c1-13(2,3)12-9(6-19-20-12)5-18-10-4-11(22)21(7-10)8-14(15,16)17/h6,10,18H,4-5,7-8H2,1-3H3,(H,19,20)/t10-/m1/s1. The lowest BCUT2D eigenvalue weighted by molar-refractivity contribution is -0.157. The van der Waals surface area contributed by atoms with E-state index in [2.05, 4.69) is 15.5 Å². The molecule has 1 atom stereocenters. The van der Waals surface area contributed by atoms with Crippen LogP contribution in [0.2, 0.25) is 0 Å². The molecule has 1 aromatic rings. The van der Waals surface area contributed by atoms with E-state index in [0.29, 0.717) is 6.54 Å². The third kappa shape index (κ3) is 4.22. The van der Waals surface area contributed by atoms with E-state index in [-0.39, 0.29) is 24.4 Å². The molecule has 1 fully saturated rings. The molecule has 0 unspecified atom stereocenters. The van der Waals surface area contributed by atoms with Gasteiger partial charge in [-0.15, -0.1) is 0 Å². The first-order valence-corrected chi connectivity index (χ1v) is 7.17. The van der Waals surface area contributed by atoms with Gasteiger partial charge in [0.05, 0.1) is 6.20 Å². The molecule has 1 aliphatic heterocycles. The molecule has 2 N–H and O–H groups in total. The van der Waals surface area contributed by atoms with Gasteiger partial charge in [0.25, 0.3) is 0 Å². The van der Waals surface area contributed by atoms with E-state index in [9.17, 15) is 18.0 Å². The van der Waals surface area contributed by atoms with E-state index < -0.39 is 18.6 Å². The second-order valence-electron chi connectivity index (χ2n) is 6.69. The molecular formula is C14H21F3N4O. The lowest BCUT2D eigenvalue weighted by Crippen LogP contribution is -2.37. The summed E-state index contributed by atoms with van der Waals surface area (Å²) in [4.78, 5) is 12.5. The van der Waals surface area contributed by atoms with Crippen molar-refractivity contribution in [2.75, 3.05) is 13.1 Å². The Morgan fingerprint density at radius 3 is 2.68 bits per heavy atom. The van der Waals surface area contributed by atoms with Crippen molar-refractivity contribution in [2.45, 2.75) is 51.4 Å². The van der Waals surface area contributed by atoms with Crippen molar-refractivity contribution in [2.24, 2.45) is 0 Å². The third-order valence-electron chi connectivity index (χ3n) is 3.63. The number of halogens is 3. The maximum absolute atomic E-state index is 12.4. The summed E-state index contributed by atoms with van der Waals surface area (Å²) in [7, 11) is 0. The fraction of sp³-hybridized carbons (Fsp3) is 0.714. The predicted octanol–water partition coefficient (Wildman–Crippen LogP) is 1.96. The molecule has 1 saturated heterocycles. The number of amides is 1. The zero-order valence-electron chi connectivity index (χ0n) is 12.9. The Morgan fingerprint density at radius 1 is 1.41 bits per heavy atom. The van der Waals surface area contributed by atoms with Crippen molar-refractivity contribution in [1.29, 1.82) is 0 Å². The van der Waals surface area contributed by atoms with Crippen LogP contribution in [-0.4, -0.2) is 46.3 Å². The molecule has 0 spiro atoms. The quantitative estimate of drug-likeness (QED) is 0.892. The predicted molar refractivity (Wildman–Crippen MR) is 75.2 cm³/mol. The van der Waals surface area contributed by atoms with Gasteiger partial charge in [0, 0.05) is 42.2 Å². The molecule has 0 radical (unpaired) electrons. The normalized spacial score (nSPS) is 20.0. The van der Waals surface area contributed by atoms with Gasteiger partial charge in [-0.3, -0.25) is 9.89 Å². The first-order chi connectivity index (χ1) is 10.1. The Hall–Kier alpha value is -1.57. The van der Waals surface area contributed by atoms with Crippen LogP contribution >= 0.6 is 0 Å². The molecule has 0 bridgehead atoms. The van der Waals surface area contributed by atoms with Crippen molar-refractivity contribution in [3.05, 3.63) is 17.5 Å². The Bertz CT molecular complexity index is 533. The van der Waals surface area contributed by atoms with E-state index in [1.165, 1.54) is 0 Å². The van der Waals surface area contributed by atoms with Crippen LogP contribution in [0.15, 0.2) is 6.20 Å². The molecule has 0 aromatic carbocycles. The third-order valence-corrected chi connectivity index (χ3v) is 3.63. The van der Waals surface area contributed by atoms with Crippen LogP contribution in [-0.2, 0) is 16.8 Å². The zero-order valence-corrected chi connectivity index (χ0v) is 12.9. The minimum Gasteiger partial charge on any atom is -0.332 e. The summed E-state index contributed by atoms with van der Waals surface area (Å²) in [6.07, 6.45) is -2.55. The first kappa shape index (κ1) is 16.8. The Morgan fingerprint density at radius 2 is 2.09 bits per heavy atom. The summed E-state index contributed by atoms with van der Waals surface area (Å²) in [5.41, 5.74) is 1.85. The fourth-order valence-corrected chi connectivity index (χ4v) is 2.63. The van der Waals surface area contributed by atoms with Crippen LogP contribution < -0.4 is 5.32 Å². The summed E-state index contributed by atoms with van der Waals surface area (Å²) in [5.74, 6) is -0.460. The zero-order chi connectivity index (χ0) is 16.5. The molecule has 1 aliphatic rings. The van der Waals surface area contributed by atoms with Gasteiger partial charge in [-0.2, -0.15) is 18.3 Å². The number of nitrogens with zero attached hydrogens (tertiary/aromatic N) is 2. The number of H-pyrrole nitrogens is 1. The highest BCUT2D eigenvalue weighted by Gasteiger charge is 2.38. The molecule has 5 nitrogen and oxygen atoms in total. The van der Waals surface area contributed by atoms with Gasteiger partial charge in [0.1, 0.15) is 6.54 Å². The van der Waals surface area contributed by atoms with Crippen LogP contribution in [0, 0.1) is 0 Å². The molecule has 2 heterocycles. The summed E-state index contributed by atoms with van der Waals surface area (Å²) < 4.78 is 37.1. The highest BCUT2D eigenvalue weighted by Crippen LogP contribution is 2.24. The second kappa shape index (κ2) is 5.91. The van der Waals surface area contributed by atoms with Crippen molar-refractivity contribution >= 4 is 5.91 Å². The number of likely N-dealkylation sites (tertiary alicyclic amines) is 1. The van der Waals surface area contributed by atoms with Crippen molar-refractivity contribution in [3.8, 4) is 0 Å². The van der Waals surface area contributed by atoms with E-state index in [4.69, 9.17) is 0 Å². The molecule has 0 saturated carbocycles. The molecular weight excluding hydrogens is 297 g/mol. The number of alkyl halides is 3. The topological polar surface area (TPSA) is 61.0 Å². The average Bonchev–Trinajstić information content (AvgIpc) is 2.92. The minimum absolute atomic E-state index is 0.0844. The Balaban J connectivity index is 1.91. The Kier molecular flexibility index (Phi) is 4.51. The van der Waals surface area contributed by atoms with E-state index >= 15 is 0 Å². The van der Waals surface area contributed by atoms with Gasteiger partial charge in [-0.1, -0.05) is 20.8 Å². The van der Waals surface area contributed by atoms with Crippen LogP contribution in [0.5, 0.6) is 0 Å². The van der Waals surface area contributed by atoms with Crippen LogP contribution in [0.25, 0.3) is 0 Å². The summed E-state index contributed by atoms with van der Waals surface area (Å²) >= 11 is 0. The van der Waals surface area contributed by atoms with Crippen LogP contribution in [0.1, 0.15) is 38.4 Å². The lowest BCUT2D eigenvalue weighted by atomic mass is 9.89. The SMILES string of the molecule is CC(C)(C)c1[nH]ncc1CN[C@@H]1CC(=O)N(CC(F)(F)F)C1. The average molecular weight is 318 g/mol. The van der Waals surface area contributed by atoms with Gasteiger partial charge in [-0.05, 0) is 0 Å². The number of carbonyl (C=O) groups is 1. The number of hydrogen-bond donors (Lipinski definition) is 2. The fourth-order valence-electron chi connectivity index (χ4n) is 2.63. The lowest BCUT2D eigenvalue weighted by Gasteiger charge is -2.20. The number of nitrogens with one attached hydrogen (secondary N) is 2. The number of aromatic nitrogens is 2. The number of carbonyl (C=O) groups excluding carboxylic acids is 1. The van der Waals surface area contributed by atoms with Crippen molar-refractivity contribution in [1.82, 2.24) is 20.4 Å². The molecule has 1 aromatic heterocycles. The number of aromatic amines is 1. The van der Waals surface area contributed by atoms with E-state index in [1.54, 1.807) is 6.20 Å². The molecule has 8 heteroatoms. The Labute approximate surface area is 127 Å². The van der Waals surface area contributed by atoms with E-state index in [1.807, 2.05) is 20.8 Å².